The van der Waals surface area contributed by atoms with Gasteiger partial charge in [-0.3, -0.25) is 14.6 Å². The molecule has 4 aromatic rings. The minimum Gasteiger partial charge on any atom is -0.507 e. The van der Waals surface area contributed by atoms with Crippen LogP contribution < -0.4 is 0 Å². The number of amides is 1. The van der Waals surface area contributed by atoms with E-state index in [0.29, 0.717) is 11.3 Å². The van der Waals surface area contributed by atoms with E-state index < -0.39 is 17.7 Å². The molecular formula is C31H30N4O3. The maximum atomic E-state index is 13.5. The fraction of sp³-hybridized carbons (Fsp3) is 0.226. The van der Waals surface area contributed by atoms with Crippen LogP contribution in [0.4, 0.5) is 0 Å². The lowest BCUT2D eigenvalue weighted by Gasteiger charge is -2.26. The van der Waals surface area contributed by atoms with Gasteiger partial charge in [0, 0.05) is 18.9 Å². The van der Waals surface area contributed by atoms with E-state index in [-0.39, 0.29) is 23.3 Å². The average molecular weight is 507 g/mol. The molecule has 1 aliphatic heterocycles. The first kappa shape index (κ1) is 25.1. The molecule has 1 aliphatic rings. The Bertz CT molecular complexity index is 1520. The van der Waals surface area contributed by atoms with E-state index in [9.17, 15) is 14.7 Å². The molecule has 0 aliphatic carbocycles. The van der Waals surface area contributed by atoms with E-state index in [1.165, 1.54) is 11.1 Å². The Hall–Kier alpha value is -4.52. The highest BCUT2D eigenvalue weighted by molar-refractivity contribution is 6.46. The van der Waals surface area contributed by atoms with Gasteiger partial charge in [0.2, 0.25) is 0 Å². The second-order valence-electron chi connectivity index (χ2n) is 10.6. The first-order valence-corrected chi connectivity index (χ1v) is 12.5. The molecule has 1 atom stereocenters. The molecule has 5 rings (SSSR count). The fourth-order valence-corrected chi connectivity index (χ4v) is 4.86. The smallest absolute Gasteiger partial charge is 0.295 e. The Morgan fingerprint density at radius 1 is 0.947 bits per heavy atom. The number of carbonyl (C=O) groups excluding carboxylic acids is 2. The van der Waals surface area contributed by atoms with Crippen molar-refractivity contribution in [2.24, 2.45) is 0 Å². The minimum absolute atomic E-state index is 0.0538. The molecule has 0 spiro atoms. The van der Waals surface area contributed by atoms with Crippen molar-refractivity contribution in [2.45, 2.75) is 45.7 Å². The first-order chi connectivity index (χ1) is 18.2. The highest BCUT2D eigenvalue weighted by Gasteiger charge is 2.46. The fourth-order valence-electron chi connectivity index (χ4n) is 4.86. The number of hydrogen-bond donors (Lipinski definition) is 1. The molecule has 0 bridgehead atoms. The minimum atomic E-state index is -0.760. The summed E-state index contributed by atoms with van der Waals surface area (Å²) in [5.74, 6) is -1.61. The summed E-state index contributed by atoms with van der Waals surface area (Å²) >= 11 is 0. The molecule has 2 aromatic carbocycles. The van der Waals surface area contributed by atoms with E-state index in [2.05, 4.69) is 30.9 Å². The second kappa shape index (κ2) is 9.74. The maximum absolute atomic E-state index is 13.5. The number of aromatic nitrogens is 3. The van der Waals surface area contributed by atoms with Gasteiger partial charge in [0.15, 0.2) is 0 Å². The standard InChI is InChI=1S/C31H30N4O3/c1-20-25(18-33-35(20)24-10-6-5-7-11-24)28(36)26-27(22-12-14-23(15-13-22)31(2,3)4)34(30(38)29(26)37)19-21-9-8-16-32-17-21/h5-18,27,36H,19H2,1-4H3/b28-26+. The molecule has 7 nitrogen and oxygen atoms in total. The summed E-state index contributed by atoms with van der Waals surface area (Å²) in [6, 6.07) is 20.3. The van der Waals surface area contributed by atoms with Gasteiger partial charge in [-0.05, 0) is 47.2 Å². The summed E-state index contributed by atoms with van der Waals surface area (Å²) in [4.78, 5) is 32.5. The molecule has 1 amide bonds. The zero-order valence-electron chi connectivity index (χ0n) is 21.9. The van der Waals surface area contributed by atoms with Crippen LogP contribution in [-0.4, -0.2) is 36.5 Å². The van der Waals surface area contributed by atoms with Crippen LogP contribution in [0.1, 0.15) is 54.8 Å². The Balaban J connectivity index is 1.64. The summed E-state index contributed by atoms with van der Waals surface area (Å²) in [5, 5.41) is 16.0. The number of aliphatic hydroxyl groups excluding tert-OH is 1. The zero-order chi connectivity index (χ0) is 27.0. The lowest BCUT2D eigenvalue weighted by molar-refractivity contribution is -0.140. The van der Waals surface area contributed by atoms with Gasteiger partial charge in [-0.25, -0.2) is 4.68 Å². The molecule has 1 saturated heterocycles. The van der Waals surface area contributed by atoms with Crippen LogP contribution in [0.15, 0.2) is 90.9 Å². The van der Waals surface area contributed by atoms with E-state index in [1.54, 1.807) is 23.1 Å². The number of likely N-dealkylation sites (tertiary alicyclic amines) is 1. The van der Waals surface area contributed by atoms with Crippen molar-refractivity contribution >= 4 is 17.4 Å². The third kappa shape index (κ3) is 4.52. The van der Waals surface area contributed by atoms with Crippen LogP contribution in [0.5, 0.6) is 0 Å². The highest BCUT2D eigenvalue weighted by atomic mass is 16.3. The number of ketones is 1. The highest BCUT2D eigenvalue weighted by Crippen LogP contribution is 2.41. The quantitative estimate of drug-likeness (QED) is 0.220. The molecular weight excluding hydrogens is 476 g/mol. The second-order valence-corrected chi connectivity index (χ2v) is 10.6. The van der Waals surface area contributed by atoms with Crippen LogP contribution in [0.2, 0.25) is 0 Å². The van der Waals surface area contributed by atoms with Gasteiger partial charge in [-0.2, -0.15) is 5.10 Å². The number of pyridine rings is 1. The predicted molar refractivity (Wildman–Crippen MR) is 146 cm³/mol. The molecule has 7 heteroatoms. The molecule has 1 unspecified atom stereocenters. The Morgan fingerprint density at radius 3 is 2.29 bits per heavy atom. The zero-order valence-corrected chi connectivity index (χ0v) is 21.9. The van der Waals surface area contributed by atoms with E-state index in [0.717, 1.165) is 22.4 Å². The Kier molecular flexibility index (Phi) is 6.45. The number of aliphatic hydroxyl groups is 1. The van der Waals surface area contributed by atoms with Gasteiger partial charge in [-0.15, -0.1) is 0 Å². The number of carbonyl (C=O) groups is 2. The Morgan fingerprint density at radius 2 is 1.66 bits per heavy atom. The summed E-state index contributed by atoms with van der Waals surface area (Å²) in [5.41, 5.74) is 4.56. The predicted octanol–water partition coefficient (Wildman–Crippen LogP) is 5.50. The number of benzene rings is 2. The normalized spacial score (nSPS) is 17.3. The average Bonchev–Trinajstić information content (AvgIpc) is 3.42. The lowest BCUT2D eigenvalue weighted by atomic mass is 9.85. The SMILES string of the molecule is Cc1c(/C(O)=C2\C(=O)C(=O)N(Cc3cccnc3)C2c2ccc(C(C)(C)C)cc2)cnn1-c1ccccc1. The van der Waals surface area contributed by atoms with Crippen molar-refractivity contribution in [2.75, 3.05) is 0 Å². The van der Waals surface area contributed by atoms with E-state index >= 15 is 0 Å². The number of Topliss-reactive ketones (excluding diaryl/α,β-unsaturated/α-hetero) is 1. The molecule has 0 radical (unpaired) electrons. The van der Waals surface area contributed by atoms with Crippen molar-refractivity contribution in [3.05, 3.63) is 119 Å². The van der Waals surface area contributed by atoms with E-state index in [4.69, 9.17) is 0 Å². The number of nitrogens with zero attached hydrogens (tertiary/aromatic N) is 4. The third-order valence-corrected chi connectivity index (χ3v) is 6.97. The summed E-state index contributed by atoms with van der Waals surface area (Å²) in [6.07, 6.45) is 4.87. The van der Waals surface area contributed by atoms with Crippen LogP contribution in [0, 0.1) is 6.92 Å². The van der Waals surface area contributed by atoms with Crippen molar-refractivity contribution in [1.82, 2.24) is 19.7 Å². The van der Waals surface area contributed by atoms with Gasteiger partial charge in [0.1, 0.15) is 5.76 Å². The first-order valence-electron chi connectivity index (χ1n) is 12.5. The van der Waals surface area contributed by atoms with E-state index in [1.807, 2.05) is 67.6 Å². The molecule has 192 valence electrons. The molecule has 1 fully saturated rings. The van der Waals surface area contributed by atoms with Crippen LogP contribution in [0.25, 0.3) is 11.4 Å². The van der Waals surface area contributed by atoms with Crippen LogP contribution in [-0.2, 0) is 21.5 Å². The Labute approximate surface area is 222 Å². The lowest BCUT2D eigenvalue weighted by Crippen LogP contribution is -2.29. The van der Waals surface area contributed by atoms with Crippen molar-refractivity contribution in [3.8, 4) is 5.69 Å². The molecule has 1 N–H and O–H groups in total. The molecule has 2 aromatic heterocycles. The van der Waals surface area contributed by atoms with Crippen molar-refractivity contribution < 1.29 is 14.7 Å². The summed E-state index contributed by atoms with van der Waals surface area (Å²) < 4.78 is 1.70. The van der Waals surface area contributed by atoms with Crippen LogP contribution >= 0.6 is 0 Å². The van der Waals surface area contributed by atoms with Gasteiger partial charge in [0.05, 0.1) is 34.8 Å². The topological polar surface area (TPSA) is 88.3 Å². The monoisotopic (exact) mass is 506 g/mol. The van der Waals surface area contributed by atoms with Crippen LogP contribution in [0.3, 0.4) is 0 Å². The molecule has 0 saturated carbocycles. The largest absolute Gasteiger partial charge is 0.507 e. The maximum Gasteiger partial charge on any atom is 0.295 e. The summed E-state index contributed by atoms with van der Waals surface area (Å²) in [6.45, 7) is 8.40. The van der Waals surface area contributed by atoms with Gasteiger partial charge < -0.3 is 10.0 Å². The van der Waals surface area contributed by atoms with Gasteiger partial charge >= 0.3 is 0 Å². The number of rotatable bonds is 5. The number of hydrogen-bond acceptors (Lipinski definition) is 5. The van der Waals surface area contributed by atoms with Crippen molar-refractivity contribution in [1.29, 1.82) is 0 Å². The van der Waals surface area contributed by atoms with Crippen molar-refractivity contribution in [3.63, 3.8) is 0 Å². The number of para-hydroxylation sites is 1. The molecule has 38 heavy (non-hydrogen) atoms. The van der Waals surface area contributed by atoms with Gasteiger partial charge in [-0.1, -0.05) is 69.3 Å². The summed E-state index contributed by atoms with van der Waals surface area (Å²) in [7, 11) is 0. The van der Waals surface area contributed by atoms with Gasteiger partial charge in [0.25, 0.3) is 11.7 Å². The molecule has 3 heterocycles. The third-order valence-electron chi connectivity index (χ3n) is 6.97.